The molecule has 12 heteroatoms. The third-order valence-electron chi connectivity index (χ3n) is 12.0. The largest absolute Gasteiger partial charge is 0.454 e. The molecule has 3 spiro atoms. The van der Waals surface area contributed by atoms with Gasteiger partial charge in [-0.3, -0.25) is 9.59 Å². The lowest BCUT2D eigenvalue weighted by atomic mass is 9.35. The van der Waals surface area contributed by atoms with E-state index in [2.05, 4.69) is 20.4 Å². The minimum absolute atomic E-state index is 0.140. The quantitative estimate of drug-likeness (QED) is 0.199. The molecule has 0 aromatic carbocycles. The van der Waals surface area contributed by atoms with Crippen molar-refractivity contribution < 1.29 is 58.4 Å². The highest BCUT2D eigenvalue weighted by molar-refractivity contribution is 6.05. The highest BCUT2D eigenvalue weighted by atomic mass is 16.8. The Morgan fingerprint density at radius 1 is 1.09 bits per heavy atom. The number of ether oxygens (including phenoxy) is 6. The van der Waals surface area contributed by atoms with Crippen LogP contribution in [0.15, 0.2) is 12.2 Å². The molecule has 8 aliphatic rings. The molecule has 4 aliphatic heterocycles. The lowest BCUT2D eigenvalue weighted by Crippen LogP contribution is -2.89. The smallest absolute Gasteiger partial charge is 0.303 e. The van der Waals surface area contributed by atoms with Crippen molar-refractivity contribution in [1.82, 2.24) is 0 Å². The Kier molecular flexibility index (Phi) is 6.52. The molecular weight excluding hydrogens is 564 g/mol. The summed E-state index contributed by atoms with van der Waals surface area (Å²) in [5.41, 5.74) is -2.30. The highest BCUT2D eigenvalue weighted by Gasteiger charge is 2.90. The predicted octanol–water partition coefficient (Wildman–Crippen LogP) is 0.569. The van der Waals surface area contributed by atoms with Crippen LogP contribution in [0.5, 0.6) is 0 Å². The van der Waals surface area contributed by atoms with Crippen LogP contribution in [0.2, 0.25) is 0 Å². The Labute approximate surface area is 250 Å². The maximum Gasteiger partial charge on any atom is 0.303 e. The third-order valence-corrected chi connectivity index (χ3v) is 12.0. The van der Waals surface area contributed by atoms with E-state index >= 15 is 0 Å². The molecule has 0 aromatic rings. The maximum absolute atomic E-state index is 14.6. The Balaban J connectivity index is 1.45. The number of ketones is 1. The fraction of sp³-hybridized carbons (Fsp3) is 0.871. The van der Waals surface area contributed by atoms with Gasteiger partial charge in [-0.25, -0.2) is 0 Å². The van der Waals surface area contributed by atoms with Crippen molar-refractivity contribution in [2.75, 3.05) is 13.2 Å². The Bertz CT molecular complexity index is 1230. The van der Waals surface area contributed by atoms with Crippen molar-refractivity contribution in [3.8, 4) is 0 Å². The van der Waals surface area contributed by atoms with Crippen LogP contribution < -0.4 is 0 Å². The summed E-state index contributed by atoms with van der Waals surface area (Å²) < 4.78 is 38.5. The topological polar surface area (TPSA) is 170 Å². The van der Waals surface area contributed by atoms with Crippen LogP contribution in [-0.2, 0) is 38.0 Å². The van der Waals surface area contributed by atoms with E-state index in [1.807, 2.05) is 0 Å². The van der Waals surface area contributed by atoms with Gasteiger partial charge in [-0.15, -0.1) is 0 Å². The van der Waals surface area contributed by atoms with Crippen LogP contribution in [0.25, 0.3) is 0 Å². The molecule has 4 heterocycles. The number of aliphatic hydroxyl groups is 4. The van der Waals surface area contributed by atoms with Gasteiger partial charge in [0.2, 0.25) is 5.79 Å². The highest BCUT2D eigenvalue weighted by Crippen LogP contribution is 2.79. The van der Waals surface area contributed by atoms with Crippen molar-refractivity contribution in [2.24, 2.45) is 34.0 Å². The fourth-order valence-electron chi connectivity index (χ4n) is 10.6. The molecule has 14 atom stereocenters. The fourth-order valence-corrected chi connectivity index (χ4v) is 10.6. The molecule has 0 aromatic heterocycles. The first-order chi connectivity index (χ1) is 20.1. The SMILES string of the molecule is C=C1C(=O)[C@@]23[C@@H]4OC(C)(C)O[C@]25OC[C@@]2([C@H]([C@@H]5O[C@@H]5O[C@H](CO)[C@@H](O)[C@H](O)[C@H]5OC(C)=O)C(C)(C)CC[C@@H]2O)[C@@H]3CC[C@@H]14. The van der Waals surface area contributed by atoms with E-state index in [0.29, 0.717) is 31.3 Å². The van der Waals surface area contributed by atoms with Crippen LogP contribution in [0.4, 0.5) is 0 Å². The van der Waals surface area contributed by atoms with Gasteiger partial charge in [0.05, 0.1) is 25.4 Å². The summed E-state index contributed by atoms with van der Waals surface area (Å²) in [7, 11) is 0. The number of esters is 1. The zero-order chi connectivity index (χ0) is 31.1. The predicted molar refractivity (Wildman–Crippen MR) is 145 cm³/mol. The number of fused-ring (bicyclic) bond motifs is 1. The molecule has 4 bridgehead atoms. The van der Waals surface area contributed by atoms with Gasteiger partial charge >= 0.3 is 5.97 Å². The average Bonchev–Trinajstić information content (AvgIpc) is 3.04. The molecule has 0 unspecified atom stereocenters. The summed E-state index contributed by atoms with van der Waals surface area (Å²) in [6.07, 6.45) is -7.44. The van der Waals surface area contributed by atoms with Crippen LogP contribution >= 0.6 is 0 Å². The lowest BCUT2D eigenvalue weighted by Gasteiger charge is -2.78. The van der Waals surface area contributed by atoms with E-state index in [1.165, 1.54) is 0 Å². The third kappa shape index (κ3) is 3.53. The molecule has 0 amide bonds. The molecule has 240 valence electrons. The van der Waals surface area contributed by atoms with Gasteiger partial charge in [0.15, 0.2) is 24.0 Å². The van der Waals surface area contributed by atoms with E-state index < -0.39 is 95.3 Å². The first kappa shape index (κ1) is 30.2. The summed E-state index contributed by atoms with van der Waals surface area (Å²) in [5.74, 6) is -4.91. The van der Waals surface area contributed by atoms with E-state index in [9.17, 15) is 30.0 Å². The molecule has 4 saturated carbocycles. The second-order valence-electron chi connectivity index (χ2n) is 14.9. The Morgan fingerprint density at radius 2 is 1.81 bits per heavy atom. The van der Waals surface area contributed by atoms with Gasteiger partial charge in [-0.05, 0) is 56.4 Å². The molecule has 8 rings (SSSR count). The standard InChI is InChI=1S/C31H44O12/c1-13-15-7-8-17-29-12-38-31(30(17,23(13)37)24(15)42-28(5,6)43-31)25(22(29)27(3,4)10-9-18(29)34)41-26-21(39-14(2)33)20(36)19(35)16(11-32)40-26/h15-22,24-26,32,34-36H,1,7-12H2,2-6H3/t15-,16+,17-,18-,19+,20-,21+,22+,24+,25-,26-,29+,30-,31-/m0/s1. The number of hydrogen-bond acceptors (Lipinski definition) is 12. The van der Waals surface area contributed by atoms with Gasteiger partial charge in [-0.2, -0.15) is 0 Å². The number of Topliss-reactive ketones (excluding diaryl/α,β-unsaturated/α-hetero) is 1. The Hall–Kier alpha value is -1.48. The molecular formula is C31H44O12. The van der Waals surface area contributed by atoms with Crippen molar-refractivity contribution in [2.45, 2.75) is 121 Å². The first-order valence-electron chi connectivity index (χ1n) is 15.5. The normalized spacial score (nSPS) is 54.1. The number of carbonyl (C=O) groups excluding carboxylic acids is 2. The zero-order valence-electron chi connectivity index (χ0n) is 25.4. The summed E-state index contributed by atoms with van der Waals surface area (Å²) in [6.45, 7) is 12.6. The second kappa shape index (κ2) is 9.29. The molecule has 43 heavy (non-hydrogen) atoms. The molecule has 4 aliphatic carbocycles. The number of hydrogen-bond donors (Lipinski definition) is 4. The molecule has 12 nitrogen and oxygen atoms in total. The summed E-state index contributed by atoms with van der Waals surface area (Å²) in [4.78, 5) is 26.8. The first-order valence-corrected chi connectivity index (χ1v) is 15.5. The number of rotatable bonds is 4. The van der Waals surface area contributed by atoms with Gasteiger partial charge in [-0.1, -0.05) is 20.4 Å². The van der Waals surface area contributed by atoms with E-state index in [-0.39, 0.29) is 24.2 Å². The van der Waals surface area contributed by atoms with Crippen molar-refractivity contribution in [3.63, 3.8) is 0 Å². The lowest BCUT2D eigenvalue weighted by molar-refractivity contribution is -0.544. The summed E-state index contributed by atoms with van der Waals surface area (Å²) in [6, 6.07) is 0. The van der Waals surface area contributed by atoms with Crippen LogP contribution in [-0.4, -0.2) is 106 Å². The molecule has 8 fully saturated rings. The molecule has 0 radical (unpaired) electrons. The van der Waals surface area contributed by atoms with Crippen molar-refractivity contribution >= 4 is 11.8 Å². The van der Waals surface area contributed by atoms with Gasteiger partial charge in [0.25, 0.3) is 0 Å². The van der Waals surface area contributed by atoms with E-state index in [4.69, 9.17) is 28.4 Å². The molecule has 4 saturated heterocycles. The van der Waals surface area contributed by atoms with Crippen LogP contribution in [0.1, 0.15) is 60.3 Å². The number of carbonyl (C=O) groups is 2. The zero-order valence-corrected chi connectivity index (χ0v) is 25.4. The molecule has 4 N–H and O–H groups in total. The summed E-state index contributed by atoms with van der Waals surface area (Å²) in [5, 5.41) is 43.6. The van der Waals surface area contributed by atoms with E-state index in [0.717, 1.165) is 6.92 Å². The maximum atomic E-state index is 14.6. The Morgan fingerprint density at radius 3 is 2.49 bits per heavy atom. The average molecular weight is 609 g/mol. The van der Waals surface area contributed by atoms with Crippen LogP contribution in [0, 0.1) is 34.0 Å². The monoisotopic (exact) mass is 608 g/mol. The number of aliphatic hydroxyl groups excluding tert-OH is 4. The minimum Gasteiger partial charge on any atom is -0.454 e. The van der Waals surface area contributed by atoms with Crippen molar-refractivity contribution in [1.29, 1.82) is 0 Å². The summed E-state index contributed by atoms with van der Waals surface area (Å²) >= 11 is 0. The minimum atomic E-state index is -1.71. The second-order valence-corrected chi connectivity index (χ2v) is 14.9. The van der Waals surface area contributed by atoms with Gasteiger partial charge < -0.3 is 48.8 Å². The van der Waals surface area contributed by atoms with Gasteiger partial charge in [0, 0.05) is 24.2 Å². The van der Waals surface area contributed by atoms with Crippen molar-refractivity contribution in [3.05, 3.63) is 12.2 Å². The van der Waals surface area contributed by atoms with E-state index in [1.54, 1.807) is 13.8 Å². The van der Waals surface area contributed by atoms with Gasteiger partial charge in [0.1, 0.15) is 29.8 Å². The van der Waals surface area contributed by atoms with Crippen LogP contribution in [0.3, 0.4) is 0 Å².